The average Bonchev–Trinajstić information content (AvgIpc) is 4.00. The Balaban J connectivity index is 0.928. The highest BCUT2D eigenvalue weighted by Gasteiger charge is 2.21. The minimum atomic E-state index is 0.843. The van der Waals surface area contributed by atoms with Crippen LogP contribution in [0.3, 0.4) is 0 Å². The van der Waals surface area contributed by atoms with E-state index in [4.69, 9.17) is 8.83 Å². The molecule has 0 saturated carbocycles. The second-order valence-electron chi connectivity index (χ2n) is 17.7. The third-order valence-electron chi connectivity index (χ3n) is 13.5. The summed E-state index contributed by atoms with van der Waals surface area (Å²) in [5.74, 6) is 0. The van der Waals surface area contributed by atoms with Crippen LogP contribution in [0.2, 0.25) is 0 Å². The Bertz CT molecular complexity index is 3990. The molecule has 4 heteroatoms. The lowest BCUT2D eigenvalue weighted by Crippen LogP contribution is -2.12. The Labute approximate surface area is 406 Å². The topological polar surface area (TPSA) is 32.8 Å². The Hall–Kier alpha value is -9.38. The molecule has 0 fully saturated rings. The predicted octanol–water partition coefficient (Wildman–Crippen LogP) is 19.1. The van der Waals surface area contributed by atoms with Crippen LogP contribution in [0.5, 0.6) is 0 Å². The molecule has 0 radical (unpaired) electrons. The van der Waals surface area contributed by atoms with Gasteiger partial charge in [-0.2, -0.15) is 0 Å². The van der Waals surface area contributed by atoms with Crippen molar-refractivity contribution in [3.8, 4) is 44.5 Å². The second kappa shape index (κ2) is 17.4. The molecule has 11 aromatic carbocycles. The molecule has 0 aliphatic rings. The van der Waals surface area contributed by atoms with E-state index in [1.165, 1.54) is 22.3 Å². The monoisotopic (exact) mass is 896 g/mol. The van der Waals surface area contributed by atoms with Crippen LogP contribution in [0.15, 0.2) is 276 Å². The van der Waals surface area contributed by atoms with Crippen molar-refractivity contribution in [3.05, 3.63) is 267 Å². The van der Waals surface area contributed by atoms with Crippen molar-refractivity contribution in [3.63, 3.8) is 0 Å². The van der Waals surface area contributed by atoms with Gasteiger partial charge >= 0.3 is 0 Å². The van der Waals surface area contributed by atoms with E-state index in [0.717, 1.165) is 100 Å². The second-order valence-corrected chi connectivity index (χ2v) is 17.7. The highest BCUT2D eigenvalue weighted by molar-refractivity contribution is 6.07. The van der Waals surface area contributed by atoms with Crippen molar-refractivity contribution in [2.75, 3.05) is 9.80 Å². The summed E-state index contributed by atoms with van der Waals surface area (Å²) in [6.07, 6.45) is 0. The van der Waals surface area contributed by atoms with E-state index in [0.29, 0.717) is 0 Å². The molecule has 4 nitrogen and oxygen atoms in total. The first kappa shape index (κ1) is 40.9. The molecule has 0 amide bonds. The number of benzene rings is 11. The average molecular weight is 897 g/mol. The third-order valence-corrected chi connectivity index (χ3v) is 13.5. The summed E-state index contributed by atoms with van der Waals surface area (Å²) in [4.78, 5) is 4.68. The van der Waals surface area contributed by atoms with E-state index in [2.05, 4.69) is 252 Å². The van der Waals surface area contributed by atoms with Crippen LogP contribution in [0.4, 0.5) is 34.1 Å². The lowest BCUT2D eigenvalue weighted by atomic mass is 9.99. The number of para-hydroxylation sites is 3. The van der Waals surface area contributed by atoms with Crippen LogP contribution in [0.1, 0.15) is 0 Å². The number of fused-ring (bicyclic) bond motifs is 6. The Morgan fingerprint density at radius 3 is 1.13 bits per heavy atom. The van der Waals surface area contributed by atoms with E-state index < -0.39 is 0 Å². The molecule has 13 aromatic rings. The molecule has 70 heavy (non-hydrogen) atoms. The van der Waals surface area contributed by atoms with Crippen molar-refractivity contribution >= 4 is 78.0 Å². The van der Waals surface area contributed by atoms with Gasteiger partial charge in [-0.3, -0.25) is 0 Å². The van der Waals surface area contributed by atoms with E-state index in [1.54, 1.807) is 0 Å². The van der Waals surface area contributed by atoms with Gasteiger partial charge in [0.15, 0.2) is 0 Å². The zero-order valence-corrected chi connectivity index (χ0v) is 38.1. The van der Waals surface area contributed by atoms with Gasteiger partial charge in [0.25, 0.3) is 0 Å². The van der Waals surface area contributed by atoms with E-state index in [-0.39, 0.29) is 0 Å². The molecule has 0 spiro atoms. The van der Waals surface area contributed by atoms with Crippen LogP contribution in [-0.4, -0.2) is 0 Å². The van der Waals surface area contributed by atoms with E-state index >= 15 is 0 Å². The van der Waals surface area contributed by atoms with Gasteiger partial charge in [-0.1, -0.05) is 176 Å². The molecular weight excluding hydrogens is 853 g/mol. The van der Waals surface area contributed by atoms with Gasteiger partial charge in [0.2, 0.25) is 0 Å². The molecule has 0 atom stereocenters. The number of furan rings is 2. The molecule has 0 aliphatic heterocycles. The van der Waals surface area contributed by atoms with Crippen LogP contribution < -0.4 is 9.80 Å². The molecule has 0 bridgehead atoms. The fourth-order valence-electron chi connectivity index (χ4n) is 10.0. The lowest BCUT2D eigenvalue weighted by molar-refractivity contribution is 0.668. The quantitative estimate of drug-likeness (QED) is 0.137. The van der Waals surface area contributed by atoms with Crippen molar-refractivity contribution in [1.82, 2.24) is 0 Å². The molecule has 330 valence electrons. The maximum absolute atomic E-state index is 6.49. The Morgan fingerprint density at radius 1 is 0.214 bits per heavy atom. The molecule has 0 N–H and O–H groups in total. The number of hydrogen-bond donors (Lipinski definition) is 0. The zero-order valence-electron chi connectivity index (χ0n) is 38.1. The van der Waals surface area contributed by atoms with Gasteiger partial charge in [0.05, 0.1) is 5.69 Å². The molecule has 0 aliphatic carbocycles. The molecule has 2 aromatic heterocycles. The van der Waals surface area contributed by atoms with Gasteiger partial charge in [0, 0.05) is 67.7 Å². The number of hydrogen-bond acceptors (Lipinski definition) is 4. The minimum Gasteiger partial charge on any atom is -0.456 e. The van der Waals surface area contributed by atoms with E-state index in [1.807, 2.05) is 24.3 Å². The predicted molar refractivity (Wildman–Crippen MR) is 292 cm³/mol. The first-order valence-electron chi connectivity index (χ1n) is 23.7. The van der Waals surface area contributed by atoms with Gasteiger partial charge in [-0.05, 0) is 118 Å². The van der Waals surface area contributed by atoms with Gasteiger partial charge < -0.3 is 18.6 Å². The summed E-state index contributed by atoms with van der Waals surface area (Å²) in [7, 11) is 0. The Morgan fingerprint density at radius 2 is 0.586 bits per heavy atom. The van der Waals surface area contributed by atoms with Gasteiger partial charge in [-0.15, -0.1) is 0 Å². The first-order valence-corrected chi connectivity index (χ1v) is 23.7. The maximum Gasteiger partial charge on any atom is 0.137 e. The fraction of sp³-hybridized carbons (Fsp3) is 0. The van der Waals surface area contributed by atoms with Crippen LogP contribution >= 0.6 is 0 Å². The van der Waals surface area contributed by atoms with Crippen LogP contribution in [-0.2, 0) is 0 Å². The minimum absolute atomic E-state index is 0.843. The van der Waals surface area contributed by atoms with Gasteiger partial charge in [0.1, 0.15) is 22.3 Å². The molecule has 0 unspecified atom stereocenters. The van der Waals surface area contributed by atoms with Crippen molar-refractivity contribution < 1.29 is 8.83 Å². The molecule has 0 saturated heterocycles. The number of rotatable bonds is 10. The summed E-state index contributed by atoms with van der Waals surface area (Å²) >= 11 is 0. The summed E-state index contributed by atoms with van der Waals surface area (Å²) in [5.41, 5.74) is 18.8. The maximum atomic E-state index is 6.49. The Kier molecular flexibility index (Phi) is 10.1. The number of nitrogens with zero attached hydrogens (tertiary/aromatic N) is 2. The smallest absolute Gasteiger partial charge is 0.137 e. The third kappa shape index (κ3) is 7.45. The van der Waals surface area contributed by atoms with E-state index in [9.17, 15) is 0 Å². The van der Waals surface area contributed by atoms with Crippen LogP contribution in [0, 0.1) is 0 Å². The largest absolute Gasteiger partial charge is 0.456 e. The fourth-order valence-corrected chi connectivity index (χ4v) is 10.0. The summed E-state index contributed by atoms with van der Waals surface area (Å²) in [6.45, 7) is 0. The number of anilines is 6. The van der Waals surface area contributed by atoms with Gasteiger partial charge in [-0.25, -0.2) is 0 Å². The lowest BCUT2D eigenvalue weighted by Gasteiger charge is -2.29. The van der Waals surface area contributed by atoms with Crippen LogP contribution in [0.25, 0.3) is 88.4 Å². The first-order chi connectivity index (χ1) is 34.7. The van der Waals surface area contributed by atoms with Crippen molar-refractivity contribution in [1.29, 1.82) is 0 Å². The zero-order chi connectivity index (χ0) is 46.4. The highest BCUT2D eigenvalue weighted by Crippen LogP contribution is 2.45. The normalized spacial score (nSPS) is 11.4. The standard InChI is InChI=1S/C66H44N2O2/c1-3-14-45(15-4-1)47-26-28-48(29-27-47)50-30-34-52(35-31-50)67(55-38-40-60-58-21-8-11-24-63(58)69-65(60)43-55)54-19-13-18-51(42-54)57-20-7-10-23-62(57)68(53-36-32-49(33-37-53)46-16-5-2-6-17-46)56-39-41-61-59-22-9-12-25-64(59)70-66(61)44-56/h1-44H. The van der Waals surface area contributed by atoms with Crippen molar-refractivity contribution in [2.24, 2.45) is 0 Å². The molecular formula is C66H44N2O2. The highest BCUT2D eigenvalue weighted by atomic mass is 16.3. The summed E-state index contributed by atoms with van der Waals surface area (Å²) < 4.78 is 13.0. The summed E-state index contributed by atoms with van der Waals surface area (Å²) in [6, 6.07) is 94.8. The molecule has 13 rings (SSSR count). The SMILES string of the molecule is c1ccc(-c2ccc(-c3ccc(N(c4cccc(-c5ccccc5N(c5ccc(-c6ccccc6)cc5)c5ccc6c(c5)oc5ccccc56)c4)c4ccc5c(c4)oc4ccccc45)cc3)cc2)cc1. The van der Waals surface area contributed by atoms with Crippen molar-refractivity contribution in [2.45, 2.75) is 0 Å². The molecule has 2 heterocycles. The summed E-state index contributed by atoms with van der Waals surface area (Å²) in [5, 5.41) is 4.40.